The molecule has 0 bridgehead atoms. The highest BCUT2D eigenvalue weighted by atomic mass is 35.5. The van der Waals surface area contributed by atoms with Crippen molar-refractivity contribution in [2.24, 2.45) is 0 Å². The maximum Gasteiger partial charge on any atom is 0.135 e. The van der Waals surface area contributed by atoms with Gasteiger partial charge in [-0.15, -0.1) is 0 Å². The number of anilines is 1. The summed E-state index contributed by atoms with van der Waals surface area (Å²) >= 11 is 5.99. The van der Waals surface area contributed by atoms with Gasteiger partial charge in [-0.3, -0.25) is 0 Å². The molecule has 0 amide bonds. The molecule has 1 fully saturated rings. The Hall–Kier alpha value is -0.830. The largest absolute Gasteiger partial charge is 0.367 e. The molecule has 1 aliphatic rings. The van der Waals surface area contributed by atoms with Gasteiger partial charge in [-0.25, -0.2) is 9.97 Å². The maximum atomic E-state index is 5.99. The van der Waals surface area contributed by atoms with E-state index in [1.54, 1.807) is 0 Å². The minimum atomic E-state index is 0.308. The zero-order valence-electron chi connectivity index (χ0n) is 9.83. The molecule has 0 atom stereocenters. The third-order valence-corrected chi connectivity index (χ3v) is 3.13. The Morgan fingerprint density at radius 1 is 1.31 bits per heavy atom. The molecular weight excluding hydrogens is 222 g/mol. The number of rotatable bonds is 3. The molecule has 0 aromatic carbocycles. The number of aromatic nitrogens is 2. The van der Waals surface area contributed by atoms with Crippen LogP contribution in [0.5, 0.6) is 0 Å². The average Bonchev–Trinajstić information content (AvgIpc) is 2.69. The van der Waals surface area contributed by atoms with E-state index in [0.29, 0.717) is 17.1 Å². The Balaban J connectivity index is 2.13. The van der Waals surface area contributed by atoms with Crippen LogP contribution in [0.2, 0.25) is 5.15 Å². The van der Waals surface area contributed by atoms with Crippen molar-refractivity contribution in [3.63, 3.8) is 0 Å². The van der Waals surface area contributed by atoms with E-state index in [1.807, 2.05) is 6.07 Å². The molecule has 0 unspecified atom stereocenters. The summed E-state index contributed by atoms with van der Waals surface area (Å²) in [7, 11) is 0. The topological polar surface area (TPSA) is 37.8 Å². The average molecular weight is 240 g/mol. The van der Waals surface area contributed by atoms with E-state index in [9.17, 15) is 0 Å². The van der Waals surface area contributed by atoms with Gasteiger partial charge in [0.1, 0.15) is 16.8 Å². The standard InChI is InChI=1S/C12H18ClN3/c1-8(2)12-15-10(13)7-11(16-12)14-9-5-3-4-6-9/h7-9H,3-6H2,1-2H3,(H,14,15,16). The van der Waals surface area contributed by atoms with E-state index < -0.39 is 0 Å². The Kier molecular flexibility index (Phi) is 3.64. The lowest BCUT2D eigenvalue weighted by Crippen LogP contribution is -2.16. The first kappa shape index (κ1) is 11.6. The van der Waals surface area contributed by atoms with Crippen molar-refractivity contribution in [3.8, 4) is 0 Å². The lowest BCUT2D eigenvalue weighted by molar-refractivity contribution is 0.735. The molecule has 1 heterocycles. The van der Waals surface area contributed by atoms with Gasteiger partial charge in [0, 0.05) is 18.0 Å². The van der Waals surface area contributed by atoms with Crippen LogP contribution in [-0.4, -0.2) is 16.0 Å². The van der Waals surface area contributed by atoms with Gasteiger partial charge in [0.05, 0.1) is 0 Å². The summed E-state index contributed by atoms with van der Waals surface area (Å²) in [4.78, 5) is 8.71. The third kappa shape index (κ3) is 2.85. The fraction of sp³-hybridized carbons (Fsp3) is 0.667. The van der Waals surface area contributed by atoms with Gasteiger partial charge in [-0.1, -0.05) is 38.3 Å². The number of hydrogen-bond acceptors (Lipinski definition) is 3. The second kappa shape index (κ2) is 5.00. The van der Waals surface area contributed by atoms with Gasteiger partial charge in [0.15, 0.2) is 0 Å². The summed E-state index contributed by atoms with van der Waals surface area (Å²) in [5.41, 5.74) is 0. The zero-order chi connectivity index (χ0) is 11.5. The van der Waals surface area contributed by atoms with E-state index >= 15 is 0 Å². The van der Waals surface area contributed by atoms with E-state index in [4.69, 9.17) is 11.6 Å². The van der Waals surface area contributed by atoms with E-state index in [2.05, 4.69) is 29.1 Å². The SMILES string of the molecule is CC(C)c1nc(Cl)cc(NC2CCCC2)n1. The fourth-order valence-electron chi connectivity index (χ4n) is 2.05. The van der Waals surface area contributed by atoms with E-state index in [1.165, 1.54) is 25.7 Å². The number of hydrogen-bond donors (Lipinski definition) is 1. The lowest BCUT2D eigenvalue weighted by Gasteiger charge is -2.14. The summed E-state index contributed by atoms with van der Waals surface area (Å²) in [6.45, 7) is 4.15. The van der Waals surface area contributed by atoms with Crippen LogP contribution in [0.3, 0.4) is 0 Å². The minimum absolute atomic E-state index is 0.308. The molecule has 0 radical (unpaired) electrons. The van der Waals surface area contributed by atoms with Crippen LogP contribution in [0.4, 0.5) is 5.82 Å². The Morgan fingerprint density at radius 3 is 2.62 bits per heavy atom. The maximum absolute atomic E-state index is 5.99. The highest BCUT2D eigenvalue weighted by Gasteiger charge is 2.16. The molecule has 1 aromatic heterocycles. The molecule has 1 aromatic rings. The number of nitrogens with one attached hydrogen (secondary N) is 1. The number of halogens is 1. The van der Waals surface area contributed by atoms with E-state index in [-0.39, 0.29) is 0 Å². The van der Waals surface area contributed by atoms with Crippen LogP contribution in [0.1, 0.15) is 51.3 Å². The smallest absolute Gasteiger partial charge is 0.135 e. The van der Waals surface area contributed by atoms with Gasteiger partial charge in [0.25, 0.3) is 0 Å². The molecule has 3 nitrogen and oxygen atoms in total. The Bertz CT molecular complexity index is 359. The van der Waals surface area contributed by atoms with Crippen LogP contribution in [0.25, 0.3) is 0 Å². The molecule has 88 valence electrons. The van der Waals surface area contributed by atoms with Crippen molar-refractivity contribution < 1.29 is 0 Å². The quantitative estimate of drug-likeness (QED) is 0.819. The summed E-state index contributed by atoms with van der Waals surface area (Å²) in [5, 5.41) is 3.97. The van der Waals surface area contributed by atoms with Crippen molar-refractivity contribution in [1.82, 2.24) is 9.97 Å². The predicted octanol–water partition coefficient (Wildman–Crippen LogP) is 3.61. The first-order valence-corrected chi connectivity index (χ1v) is 6.34. The summed E-state index contributed by atoms with van der Waals surface area (Å²) in [5.74, 6) is 1.99. The van der Waals surface area contributed by atoms with Gasteiger partial charge < -0.3 is 5.32 Å². The van der Waals surface area contributed by atoms with Crippen LogP contribution < -0.4 is 5.32 Å². The molecule has 4 heteroatoms. The van der Waals surface area contributed by atoms with Gasteiger partial charge in [-0.2, -0.15) is 0 Å². The molecule has 0 aliphatic heterocycles. The fourth-order valence-corrected chi connectivity index (χ4v) is 2.24. The molecule has 0 spiro atoms. The molecular formula is C12H18ClN3. The minimum Gasteiger partial charge on any atom is -0.367 e. The lowest BCUT2D eigenvalue weighted by atomic mass is 10.2. The van der Waals surface area contributed by atoms with Gasteiger partial charge >= 0.3 is 0 Å². The van der Waals surface area contributed by atoms with Crippen LogP contribution >= 0.6 is 11.6 Å². The van der Waals surface area contributed by atoms with Crippen LogP contribution in [-0.2, 0) is 0 Å². The normalized spacial score (nSPS) is 17.0. The highest BCUT2D eigenvalue weighted by Crippen LogP contribution is 2.23. The Labute approximate surface area is 102 Å². The molecule has 1 saturated carbocycles. The molecule has 1 aliphatic carbocycles. The van der Waals surface area contributed by atoms with Crippen LogP contribution in [0.15, 0.2) is 6.07 Å². The highest BCUT2D eigenvalue weighted by molar-refractivity contribution is 6.29. The molecule has 16 heavy (non-hydrogen) atoms. The van der Waals surface area contributed by atoms with E-state index in [0.717, 1.165) is 11.6 Å². The second-order valence-electron chi connectivity index (χ2n) is 4.71. The van der Waals surface area contributed by atoms with Gasteiger partial charge in [0.2, 0.25) is 0 Å². The second-order valence-corrected chi connectivity index (χ2v) is 5.10. The van der Waals surface area contributed by atoms with Crippen molar-refractivity contribution in [3.05, 3.63) is 17.0 Å². The first-order chi connectivity index (χ1) is 7.65. The summed E-state index contributed by atoms with van der Waals surface area (Å²) < 4.78 is 0. The summed E-state index contributed by atoms with van der Waals surface area (Å²) in [6, 6.07) is 2.37. The predicted molar refractivity (Wildman–Crippen MR) is 67.0 cm³/mol. The molecule has 0 saturated heterocycles. The van der Waals surface area contributed by atoms with Crippen LogP contribution in [0, 0.1) is 0 Å². The van der Waals surface area contributed by atoms with Crippen molar-refractivity contribution in [2.45, 2.75) is 51.5 Å². The summed E-state index contributed by atoms with van der Waals surface area (Å²) in [6.07, 6.45) is 5.10. The Morgan fingerprint density at radius 2 is 2.00 bits per heavy atom. The van der Waals surface area contributed by atoms with Crippen molar-refractivity contribution in [1.29, 1.82) is 0 Å². The monoisotopic (exact) mass is 239 g/mol. The molecule has 1 N–H and O–H groups in total. The van der Waals surface area contributed by atoms with Crippen molar-refractivity contribution in [2.75, 3.05) is 5.32 Å². The zero-order valence-corrected chi connectivity index (χ0v) is 10.6. The third-order valence-electron chi connectivity index (χ3n) is 2.94. The number of nitrogens with zero attached hydrogens (tertiary/aromatic N) is 2. The first-order valence-electron chi connectivity index (χ1n) is 5.96. The van der Waals surface area contributed by atoms with Gasteiger partial charge in [-0.05, 0) is 12.8 Å². The van der Waals surface area contributed by atoms with Crippen molar-refractivity contribution >= 4 is 17.4 Å². The molecule has 2 rings (SSSR count).